The lowest BCUT2D eigenvalue weighted by Crippen LogP contribution is -2.29. The molecule has 0 fully saturated rings. The molecule has 1 aliphatic heterocycles. The maximum Gasteiger partial charge on any atom is 0.338 e. The number of hydrogen-bond donors (Lipinski definition) is 1. The van der Waals surface area contributed by atoms with E-state index in [1.807, 2.05) is 0 Å². The first-order chi connectivity index (χ1) is 11.1. The predicted octanol–water partition coefficient (Wildman–Crippen LogP) is 1.83. The molecule has 1 aromatic heterocycles. The van der Waals surface area contributed by atoms with Crippen LogP contribution in [0.25, 0.3) is 0 Å². The van der Waals surface area contributed by atoms with Crippen molar-refractivity contribution < 1.29 is 13.9 Å². The Morgan fingerprint density at radius 2 is 2.22 bits per heavy atom. The summed E-state index contributed by atoms with van der Waals surface area (Å²) in [4.78, 5) is 12.4. The lowest BCUT2D eigenvalue weighted by molar-refractivity contribution is -0.138. The minimum atomic E-state index is -0.598. The summed E-state index contributed by atoms with van der Waals surface area (Å²) in [6, 6.07) is 5.22. The molecule has 3 rings (SSSR count). The van der Waals surface area contributed by atoms with Crippen LogP contribution < -0.4 is 5.32 Å². The second-order valence-corrected chi connectivity index (χ2v) is 4.95. The van der Waals surface area contributed by atoms with Gasteiger partial charge in [0.05, 0.1) is 5.57 Å². The van der Waals surface area contributed by atoms with Gasteiger partial charge in [-0.3, -0.25) is 0 Å². The molecule has 23 heavy (non-hydrogen) atoms. The fraction of sp³-hybridized carbons (Fsp3) is 0.200. The molecule has 8 heteroatoms. The van der Waals surface area contributed by atoms with Gasteiger partial charge in [0.1, 0.15) is 18.5 Å². The van der Waals surface area contributed by atoms with Crippen molar-refractivity contribution in [3.63, 3.8) is 0 Å². The van der Waals surface area contributed by atoms with Crippen molar-refractivity contribution in [3.05, 3.63) is 59.6 Å². The van der Waals surface area contributed by atoms with E-state index in [0.29, 0.717) is 22.8 Å². The summed E-state index contributed by atoms with van der Waals surface area (Å²) in [6.07, 6.45) is 1.49. The Hall–Kier alpha value is -3.03. The quantitative estimate of drug-likeness (QED) is 0.685. The lowest BCUT2D eigenvalue weighted by Gasteiger charge is -2.27. The number of carbonyl (C=O) groups is 1. The van der Waals surface area contributed by atoms with E-state index in [-0.39, 0.29) is 12.4 Å². The van der Waals surface area contributed by atoms with Crippen LogP contribution in [0.2, 0.25) is 0 Å². The van der Waals surface area contributed by atoms with E-state index < -0.39 is 12.0 Å². The average Bonchev–Trinajstić information content (AvgIpc) is 3.00. The number of nitrogens with one attached hydrogen (secondary N) is 1. The second kappa shape index (κ2) is 5.99. The van der Waals surface area contributed by atoms with Crippen LogP contribution in [0, 0.1) is 5.82 Å². The Bertz CT molecular complexity index is 781. The number of ether oxygens (including phenoxy) is 1. The summed E-state index contributed by atoms with van der Waals surface area (Å²) in [5, 5.41) is 14.4. The maximum absolute atomic E-state index is 13.2. The van der Waals surface area contributed by atoms with E-state index in [1.165, 1.54) is 22.9 Å². The summed E-state index contributed by atoms with van der Waals surface area (Å²) in [5.74, 6) is -0.474. The van der Waals surface area contributed by atoms with Crippen LogP contribution >= 0.6 is 0 Å². The Labute approximate surface area is 131 Å². The third kappa shape index (κ3) is 2.70. The number of tetrazole rings is 1. The van der Waals surface area contributed by atoms with Crippen LogP contribution in [-0.2, 0) is 9.53 Å². The Morgan fingerprint density at radius 3 is 2.91 bits per heavy atom. The zero-order valence-electron chi connectivity index (χ0n) is 12.4. The predicted molar refractivity (Wildman–Crippen MR) is 79.8 cm³/mol. The molecule has 0 radical (unpaired) electrons. The van der Waals surface area contributed by atoms with Gasteiger partial charge in [0.15, 0.2) is 0 Å². The van der Waals surface area contributed by atoms with Gasteiger partial charge in [-0.25, -0.2) is 9.18 Å². The number of allylic oxidation sites excluding steroid dienone is 1. The number of fused-ring (bicyclic) bond motifs is 1. The molecule has 1 aromatic carbocycles. The first-order valence-electron chi connectivity index (χ1n) is 6.91. The SMILES string of the molecule is C=CCOC(=O)C1=C(C)Nc2nnnn2C1c1ccc(F)cc1. The summed E-state index contributed by atoms with van der Waals surface area (Å²) in [5.41, 5.74) is 1.61. The van der Waals surface area contributed by atoms with Crippen molar-refractivity contribution in [2.45, 2.75) is 13.0 Å². The molecular formula is C15H14FN5O2. The van der Waals surface area contributed by atoms with Crippen molar-refractivity contribution in [2.24, 2.45) is 0 Å². The fourth-order valence-corrected chi connectivity index (χ4v) is 2.44. The van der Waals surface area contributed by atoms with E-state index in [9.17, 15) is 9.18 Å². The molecule has 1 atom stereocenters. The minimum absolute atomic E-state index is 0.0915. The number of rotatable bonds is 4. The number of carbonyl (C=O) groups excluding carboxylic acids is 1. The molecule has 2 aromatic rings. The third-order valence-corrected chi connectivity index (χ3v) is 3.45. The van der Waals surface area contributed by atoms with Gasteiger partial charge in [0, 0.05) is 5.70 Å². The summed E-state index contributed by atoms with van der Waals surface area (Å²) in [6.45, 7) is 5.35. The standard InChI is InChI=1S/C15H14FN5O2/c1-3-8-23-14(22)12-9(2)17-15-18-19-20-21(15)13(12)10-4-6-11(16)7-5-10/h3-7,13H,1,8H2,2H3,(H,17,18,20). The molecule has 7 nitrogen and oxygen atoms in total. The number of esters is 1. The molecule has 1 unspecified atom stereocenters. The van der Waals surface area contributed by atoms with Crippen LogP contribution in [0.3, 0.4) is 0 Å². The molecule has 1 aliphatic rings. The van der Waals surface area contributed by atoms with Gasteiger partial charge in [-0.05, 0) is 35.0 Å². The van der Waals surface area contributed by atoms with Gasteiger partial charge in [0.2, 0.25) is 5.95 Å². The van der Waals surface area contributed by atoms with Gasteiger partial charge >= 0.3 is 5.97 Å². The van der Waals surface area contributed by atoms with E-state index in [2.05, 4.69) is 27.4 Å². The zero-order chi connectivity index (χ0) is 16.4. The molecule has 0 spiro atoms. The van der Waals surface area contributed by atoms with Crippen molar-refractivity contribution in [1.29, 1.82) is 0 Å². The molecule has 0 amide bonds. The molecule has 2 heterocycles. The maximum atomic E-state index is 13.2. The normalized spacial score (nSPS) is 16.5. The number of halogens is 1. The Morgan fingerprint density at radius 1 is 1.48 bits per heavy atom. The molecule has 118 valence electrons. The number of nitrogens with zero attached hydrogens (tertiary/aromatic N) is 4. The van der Waals surface area contributed by atoms with Crippen LogP contribution in [0.4, 0.5) is 10.3 Å². The van der Waals surface area contributed by atoms with Crippen molar-refractivity contribution in [1.82, 2.24) is 20.2 Å². The Kier molecular flexibility index (Phi) is 3.88. The van der Waals surface area contributed by atoms with Gasteiger partial charge in [-0.2, -0.15) is 4.68 Å². The molecule has 0 bridgehead atoms. The number of anilines is 1. The van der Waals surface area contributed by atoms with Gasteiger partial charge in [0.25, 0.3) is 0 Å². The average molecular weight is 315 g/mol. The van der Waals surface area contributed by atoms with Gasteiger partial charge < -0.3 is 10.1 Å². The summed E-state index contributed by atoms with van der Waals surface area (Å²) >= 11 is 0. The highest BCUT2D eigenvalue weighted by Crippen LogP contribution is 2.34. The molecule has 0 saturated carbocycles. The minimum Gasteiger partial charge on any atom is -0.458 e. The first-order valence-corrected chi connectivity index (χ1v) is 6.91. The molecule has 1 N–H and O–H groups in total. The largest absolute Gasteiger partial charge is 0.458 e. The van der Waals surface area contributed by atoms with E-state index in [1.54, 1.807) is 19.1 Å². The van der Waals surface area contributed by atoms with Crippen LogP contribution in [0.15, 0.2) is 48.2 Å². The molecular weight excluding hydrogens is 301 g/mol. The summed E-state index contributed by atoms with van der Waals surface area (Å²) in [7, 11) is 0. The number of benzene rings is 1. The number of hydrogen-bond acceptors (Lipinski definition) is 6. The van der Waals surface area contributed by atoms with Crippen molar-refractivity contribution >= 4 is 11.9 Å². The van der Waals surface area contributed by atoms with Crippen LogP contribution in [0.5, 0.6) is 0 Å². The molecule has 0 saturated heterocycles. The van der Waals surface area contributed by atoms with E-state index in [4.69, 9.17) is 4.74 Å². The molecule has 0 aliphatic carbocycles. The first kappa shape index (κ1) is 14.9. The van der Waals surface area contributed by atoms with Crippen molar-refractivity contribution in [2.75, 3.05) is 11.9 Å². The highest BCUT2D eigenvalue weighted by atomic mass is 19.1. The highest BCUT2D eigenvalue weighted by Gasteiger charge is 2.34. The lowest BCUT2D eigenvalue weighted by atomic mass is 9.96. The van der Waals surface area contributed by atoms with E-state index >= 15 is 0 Å². The highest BCUT2D eigenvalue weighted by molar-refractivity contribution is 5.92. The van der Waals surface area contributed by atoms with Gasteiger partial charge in [-0.15, -0.1) is 0 Å². The van der Waals surface area contributed by atoms with E-state index in [0.717, 1.165) is 0 Å². The topological polar surface area (TPSA) is 81.9 Å². The van der Waals surface area contributed by atoms with Crippen LogP contribution in [0.1, 0.15) is 18.5 Å². The van der Waals surface area contributed by atoms with Crippen molar-refractivity contribution in [3.8, 4) is 0 Å². The second-order valence-electron chi connectivity index (χ2n) is 4.95. The fourth-order valence-electron chi connectivity index (χ4n) is 2.44. The summed E-state index contributed by atoms with van der Waals surface area (Å²) < 4.78 is 19.8. The third-order valence-electron chi connectivity index (χ3n) is 3.45. The smallest absolute Gasteiger partial charge is 0.338 e. The number of aromatic nitrogens is 4. The Balaban J connectivity index is 2.08. The van der Waals surface area contributed by atoms with Gasteiger partial charge in [-0.1, -0.05) is 29.9 Å². The van der Waals surface area contributed by atoms with Crippen LogP contribution in [-0.4, -0.2) is 32.8 Å². The zero-order valence-corrected chi connectivity index (χ0v) is 12.4. The monoisotopic (exact) mass is 315 g/mol.